The van der Waals surface area contributed by atoms with Gasteiger partial charge in [-0.05, 0) is 0 Å². The Morgan fingerprint density at radius 2 is 2.00 bits per heavy atom. The molecule has 0 saturated carbocycles. The minimum atomic E-state index is -1.23. The summed E-state index contributed by atoms with van der Waals surface area (Å²) in [6.07, 6.45) is -0.352. The highest BCUT2D eigenvalue weighted by Gasteiger charge is 2.10. The van der Waals surface area contributed by atoms with Crippen LogP contribution in [0.2, 0.25) is 0 Å². The molecule has 0 fully saturated rings. The van der Waals surface area contributed by atoms with Crippen molar-refractivity contribution >= 4 is 11.9 Å². The Hall–Kier alpha value is -1.36. The van der Waals surface area contributed by atoms with Gasteiger partial charge in [0, 0.05) is 5.57 Å². The van der Waals surface area contributed by atoms with Gasteiger partial charge in [0.1, 0.15) is 6.61 Å². The van der Waals surface area contributed by atoms with Crippen LogP contribution in [0.3, 0.4) is 0 Å². The summed E-state index contributed by atoms with van der Waals surface area (Å²) >= 11 is 0. The molecule has 0 aromatic rings. The molecule has 0 aromatic heterocycles. The number of carbonyl (C=O) groups excluding carboxylic acids is 1. The zero-order chi connectivity index (χ0) is 9.56. The van der Waals surface area contributed by atoms with Crippen LogP contribution in [0.15, 0.2) is 12.2 Å². The van der Waals surface area contributed by atoms with Crippen LogP contribution in [0, 0.1) is 0 Å². The summed E-state index contributed by atoms with van der Waals surface area (Å²) in [4.78, 5) is 20.8. The molecular weight excluding hydrogens is 164 g/mol. The Labute approximate surface area is 69.3 Å². The van der Waals surface area contributed by atoms with E-state index in [4.69, 9.17) is 10.2 Å². The predicted octanol–water partition coefficient (Wildman–Crippen LogP) is -0.447. The lowest BCUT2D eigenvalue weighted by Gasteiger charge is -2.01. The van der Waals surface area contributed by atoms with Crippen LogP contribution >= 0.6 is 0 Å². The fourth-order valence-electron chi connectivity index (χ4n) is 0.460. The molecule has 0 atom stereocenters. The smallest absolute Gasteiger partial charge is 0.331 e. The summed E-state index contributed by atoms with van der Waals surface area (Å²) in [5.41, 5.74) is -0.224. The maximum absolute atomic E-state index is 10.7. The SMILES string of the molecule is C=C(CC(=O)OCCO)C(=O)O. The number of rotatable bonds is 5. The van der Waals surface area contributed by atoms with Gasteiger partial charge in [0.25, 0.3) is 0 Å². The molecule has 0 spiro atoms. The number of hydrogen-bond acceptors (Lipinski definition) is 4. The molecule has 0 amide bonds. The van der Waals surface area contributed by atoms with Gasteiger partial charge in [0.05, 0.1) is 13.0 Å². The second-order valence-electron chi connectivity index (χ2n) is 2.03. The highest BCUT2D eigenvalue weighted by atomic mass is 16.5. The molecule has 12 heavy (non-hydrogen) atoms. The maximum atomic E-state index is 10.7. The summed E-state index contributed by atoms with van der Waals surface area (Å²) in [6.45, 7) is 2.75. The van der Waals surface area contributed by atoms with Crippen LogP contribution in [0.25, 0.3) is 0 Å². The van der Waals surface area contributed by atoms with Crippen LogP contribution in [0.4, 0.5) is 0 Å². The van der Waals surface area contributed by atoms with Crippen molar-refractivity contribution in [2.45, 2.75) is 6.42 Å². The van der Waals surface area contributed by atoms with E-state index in [0.29, 0.717) is 0 Å². The fourth-order valence-corrected chi connectivity index (χ4v) is 0.460. The number of aliphatic carboxylic acids is 1. The third-order valence-electron chi connectivity index (χ3n) is 1.01. The lowest BCUT2D eigenvalue weighted by molar-refractivity contribution is -0.145. The van der Waals surface area contributed by atoms with Crippen LogP contribution in [0.1, 0.15) is 6.42 Å². The molecule has 0 aliphatic carbocycles. The number of carboxylic acids is 1. The lowest BCUT2D eigenvalue weighted by Crippen LogP contribution is -2.11. The van der Waals surface area contributed by atoms with Crippen molar-refractivity contribution in [1.29, 1.82) is 0 Å². The average Bonchev–Trinajstić information content (AvgIpc) is 2.00. The number of aliphatic hydroxyl groups is 1. The number of aliphatic hydroxyl groups excluding tert-OH is 1. The molecule has 0 saturated heterocycles. The van der Waals surface area contributed by atoms with E-state index in [1.54, 1.807) is 0 Å². The molecular formula is C7H10O5. The summed E-state index contributed by atoms with van der Waals surface area (Å²) < 4.78 is 4.40. The highest BCUT2D eigenvalue weighted by molar-refractivity contribution is 5.91. The zero-order valence-electron chi connectivity index (χ0n) is 6.45. The van der Waals surface area contributed by atoms with Gasteiger partial charge in [-0.15, -0.1) is 0 Å². The number of hydrogen-bond donors (Lipinski definition) is 2. The topological polar surface area (TPSA) is 83.8 Å². The summed E-state index contributed by atoms with van der Waals surface area (Å²) in [5, 5.41) is 16.5. The highest BCUT2D eigenvalue weighted by Crippen LogP contribution is 1.99. The molecule has 5 nitrogen and oxygen atoms in total. The molecule has 0 unspecified atom stereocenters. The zero-order valence-corrected chi connectivity index (χ0v) is 6.45. The van der Waals surface area contributed by atoms with Crippen molar-refractivity contribution in [2.75, 3.05) is 13.2 Å². The quantitative estimate of drug-likeness (QED) is 0.435. The molecule has 0 rings (SSSR count). The number of ether oxygens (including phenoxy) is 1. The van der Waals surface area contributed by atoms with Crippen LogP contribution in [0.5, 0.6) is 0 Å². The van der Waals surface area contributed by atoms with E-state index < -0.39 is 11.9 Å². The van der Waals surface area contributed by atoms with Crippen molar-refractivity contribution < 1.29 is 24.5 Å². The second-order valence-corrected chi connectivity index (χ2v) is 2.03. The number of esters is 1. The lowest BCUT2D eigenvalue weighted by atomic mass is 10.2. The predicted molar refractivity (Wildman–Crippen MR) is 39.4 cm³/mol. The second kappa shape index (κ2) is 5.31. The van der Waals surface area contributed by atoms with Crippen LogP contribution in [-0.4, -0.2) is 35.4 Å². The molecule has 0 radical (unpaired) electrons. The molecule has 0 bridgehead atoms. The van der Waals surface area contributed by atoms with Gasteiger partial charge in [-0.1, -0.05) is 6.58 Å². The number of carboxylic acid groups (broad SMARTS) is 1. The third-order valence-corrected chi connectivity index (χ3v) is 1.01. The molecule has 0 aliphatic rings. The van der Waals surface area contributed by atoms with Crippen molar-refractivity contribution in [3.63, 3.8) is 0 Å². The Morgan fingerprint density at radius 3 is 2.42 bits per heavy atom. The normalized spacial score (nSPS) is 9.08. The van der Waals surface area contributed by atoms with E-state index in [2.05, 4.69) is 11.3 Å². The largest absolute Gasteiger partial charge is 0.478 e. The first-order valence-corrected chi connectivity index (χ1v) is 3.25. The number of carbonyl (C=O) groups is 2. The molecule has 0 aliphatic heterocycles. The van der Waals surface area contributed by atoms with E-state index in [-0.39, 0.29) is 25.2 Å². The first-order valence-electron chi connectivity index (χ1n) is 3.25. The van der Waals surface area contributed by atoms with Crippen molar-refractivity contribution in [1.82, 2.24) is 0 Å². The van der Waals surface area contributed by atoms with Gasteiger partial charge in [0.2, 0.25) is 0 Å². The standard InChI is InChI=1S/C7H10O5/c1-5(7(10)11)4-6(9)12-3-2-8/h8H,1-4H2,(H,10,11). The van der Waals surface area contributed by atoms with E-state index in [1.807, 2.05) is 0 Å². The van der Waals surface area contributed by atoms with Gasteiger partial charge in [0.15, 0.2) is 0 Å². The van der Waals surface area contributed by atoms with Gasteiger partial charge in [-0.2, -0.15) is 0 Å². The van der Waals surface area contributed by atoms with Gasteiger partial charge < -0.3 is 14.9 Å². The van der Waals surface area contributed by atoms with E-state index >= 15 is 0 Å². The summed E-state index contributed by atoms with van der Waals surface area (Å²) in [7, 11) is 0. The van der Waals surface area contributed by atoms with Crippen LogP contribution in [-0.2, 0) is 14.3 Å². The van der Waals surface area contributed by atoms with E-state index in [1.165, 1.54) is 0 Å². The first kappa shape index (κ1) is 10.6. The molecule has 5 heteroatoms. The Kier molecular flexibility index (Phi) is 4.71. The first-order chi connectivity index (χ1) is 5.57. The van der Waals surface area contributed by atoms with E-state index in [0.717, 1.165) is 0 Å². The van der Waals surface area contributed by atoms with E-state index in [9.17, 15) is 9.59 Å². The average molecular weight is 174 g/mol. The van der Waals surface area contributed by atoms with Crippen LogP contribution < -0.4 is 0 Å². The van der Waals surface area contributed by atoms with Gasteiger partial charge in [-0.3, -0.25) is 4.79 Å². The van der Waals surface area contributed by atoms with Crippen molar-refractivity contribution in [2.24, 2.45) is 0 Å². The Morgan fingerprint density at radius 1 is 1.42 bits per heavy atom. The fraction of sp³-hybridized carbons (Fsp3) is 0.429. The Bertz CT molecular complexity index is 196. The third kappa shape index (κ3) is 4.45. The minimum Gasteiger partial charge on any atom is -0.478 e. The molecule has 0 heterocycles. The maximum Gasteiger partial charge on any atom is 0.331 e. The van der Waals surface area contributed by atoms with Crippen molar-refractivity contribution in [3.8, 4) is 0 Å². The summed E-state index contributed by atoms with van der Waals surface area (Å²) in [5.74, 6) is -1.92. The molecule has 68 valence electrons. The monoisotopic (exact) mass is 174 g/mol. The molecule has 2 N–H and O–H groups in total. The van der Waals surface area contributed by atoms with Gasteiger partial charge in [-0.25, -0.2) is 4.79 Å². The van der Waals surface area contributed by atoms with Gasteiger partial charge >= 0.3 is 11.9 Å². The molecule has 0 aromatic carbocycles. The van der Waals surface area contributed by atoms with Crippen molar-refractivity contribution in [3.05, 3.63) is 12.2 Å². The minimum absolute atomic E-state index is 0.119. The Balaban J connectivity index is 3.69. The summed E-state index contributed by atoms with van der Waals surface area (Å²) in [6, 6.07) is 0.